The van der Waals surface area contributed by atoms with Gasteiger partial charge in [0.1, 0.15) is 18.2 Å². The van der Waals surface area contributed by atoms with Crippen molar-refractivity contribution in [3.63, 3.8) is 0 Å². The summed E-state index contributed by atoms with van der Waals surface area (Å²) >= 11 is 1.56. The van der Waals surface area contributed by atoms with E-state index in [0.29, 0.717) is 6.54 Å². The summed E-state index contributed by atoms with van der Waals surface area (Å²) in [6.07, 6.45) is 7.64. The first-order chi connectivity index (χ1) is 16.1. The van der Waals surface area contributed by atoms with Gasteiger partial charge in [0.15, 0.2) is 0 Å². The topological polar surface area (TPSA) is 78.1 Å². The normalized spacial score (nSPS) is 14.3. The summed E-state index contributed by atoms with van der Waals surface area (Å²) in [6, 6.07) is 12.0. The van der Waals surface area contributed by atoms with E-state index in [9.17, 15) is 14.9 Å². The molecule has 170 valence electrons. The number of aromatic nitrogens is 1. The molecule has 1 N–H and O–H groups in total. The quantitative estimate of drug-likeness (QED) is 0.416. The van der Waals surface area contributed by atoms with E-state index in [1.165, 1.54) is 6.42 Å². The van der Waals surface area contributed by atoms with E-state index in [2.05, 4.69) is 18.3 Å². The Kier molecular flexibility index (Phi) is 7.26. The van der Waals surface area contributed by atoms with Gasteiger partial charge in [-0.05, 0) is 48.8 Å². The third-order valence-corrected chi connectivity index (χ3v) is 6.95. The van der Waals surface area contributed by atoms with Gasteiger partial charge in [0, 0.05) is 35.1 Å². The minimum atomic E-state index is -0.400. The molecule has 1 aliphatic heterocycles. The van der Waals surface area contributed by atoms with Gasteiger partial charge >= 0.3 is 0 Å². The molecule has 1 fully saturated rings. The number of para-hydroxylation sites is 1. The van der Waals surface area contributed by atoms with Gasteiger partial charge in [0.25, 0.3) is 5.91 Å². The van der Waals surface area contributed by atoms with Crippen molar-refractivity contribution in [1.82, 2.24) is 14.8 Å². The zero-order valence-corrected chi connectivity index (χ0v) is 19.7. The molecule has 2 amide bonds. The number of likely N-dealkylation sites (tertiary alicyclic amines) is 1. The predicted octanol–water partition coefficient (Wildman–Crippen LogP) is 4.50. The molecule has 7 heteroatoms. The smallest absolute Gasteiger partial charge is 0.262 e. The Labute approximate surface area is 198 Å². The molecule has 6 nitrogen and oxygen atoms in total. The van der Waals surface area contributed by atoms with Crippen LogP contribution in [0.4, 0.5) is 0 Å². The fourth-order valence-electron chi connectivity index (χ4n) is 4.36. The Hall–Kier alpha value is -3.37. The lowest BCUT2D eigenvalue weighted by atomic mass is 10.1. The van der Waals surface area contributed by atoms with Gasteiger partial charge in [0.05, 0.1) is 12.1 Å². The Bertz CT molecular complexity index is 1210. The first kappa shape index (κ1) is 22.8. The largest absolute Gasteiger partial charge is 0.347 e. The number of hydrogen-bond donors (Lipinski definition) is 1. The molecular weight excluding hydrogens is 432 g/mol. The van der Waals surface area contributed by atoms with Crippen molar-refractivity contribution in [2.45, 2.75) is 45.7 Å². The number of amides is 2. The highest BCUT2D eigenvalue weighted by Crippen LogP contribution is 2.28. The highest BCUT2D eigenvalue weighted by molar-refractivity contribution is 7.09. The van der Waals surface area contributed by atoms with Crippen LogP contribution in [0.1, 0.15) is 42.2 Å². The van der Waals surface area contributed by atoms with E-state index in [4.69, 9.17) is 0 Å². The van der Waals surface area contributed by atoms with Gasteiger partial charge in [-0.3, -0.25) is 9.59 Å². The third-order valence-electron chi connectivity index (χ3n) is 6.08. The van der Waals surface area contributed by atoms with Gasteiger partial charge < -0.3 is 14.8 Å². The minimum absolute atomic E-state index is 0.0508. The molecule has 1 aliphatic rings. The number of nitriles is 1. The summed E-state index contributed by atoms with van der Waals surface area (Å²) in [5.74, 6) is -0.287. The monoisotopic (exact) mass is 460 g/mol. The van der Waals surface area contributed by atoms with Gasteiger partial charge in [-0.25, -0.2) is 0 Å². The van der Waals surface area contributed by atoms with E-state index in [1.807, 2.05) is 51.4 Å². The van der Waals surface area contributed by atoms with Crippen LogP contribution in [-0.4, -0.2) is 34.4 Å². The molecule has 0 saturated carbocycles. The van der Waals surface area contributed by atoms with E-state index in [-0.39, 0.29) is 18.0 Å². The fraction of sp³-hybridized carbons (Fsp3) is 0.346. The predicted molar refractivity (Wildman–Crippen MR) is 132 cm³/mol. The second-order valence-electron chi connectivity index (χ2n) is 8.25. The van der Waals surface area contributed by atoms with Gasteiger partial charge in [-0.15, -0.1) is 11.3 Å². The number of nitrogens with one attached hydrogen (secondary N) is 1. The fourth-order valence-corrected chi connectivity index (χ4v) is 5.00. The molecule has 2 aromatic heterocycles. The average molecular weight is 461 g/mol. The van der Waals surface area contributed by atoms with Crippen molar-refractivity contribution in [3.05, 3.63) is 63.5 Å². The van der Waals surface area contributed by atoms with E-state index in [1.54, 1.807) is 17.4 Å². The lowest BCUT2D eigenvalue weighted by Gasteiger charge is -2.27. The molecule has 3 heterocycles. The number of carbonyl (C=O) groups excluding carboxylic acids is 2. The van der Waals surface area contributed by atoms with Crippen LogP contribution < -0.4 is 5.32 Å². The molecule has 0 aliphatic carbocycles. The lowest BCUT2D eigenvalue weighted by molar-refractivity contribution is -0.132. The van der Waals surface area contributed by atoms with Gasteiger partial charge in [-0.1, -0.05) is 31.2 Å². The third kappa shape index (κ3) is 5.18. The van der Waals surface area contributed by atoms with E-state index in [0.717, 1.165) is 59.3 Å². The summed E-state index contributed by atoms with van der Waals surface area (Å²) < 4.78 is 1.98. The Morgan fingerprint density at radius 2 is 2.00 bits per heavy atom. The first-order valence-corrected chi connectivity index (χ1v) is 12.3. The van der Waals surface area contributed by atoms with E-state index < -0.39 is 5.91 Å². The van der Waals surface area contributed by atoms with E-state index >= 15 is 0 Å². The molecular formula is C26H28N4O2S. The molecule has 0 bridgehead atoms. The SMILES string of the molecule is CCc1cccc2c(/C=C(\C#N)C(=O)NCc3cccs3)cn(CC(=O)N3CCCCC3)c12. The number of rotatable bonds is 7. The maximum Gasteiger partial charge on any atom is 0.262 e. The number of carbonyl (C=O) groups is 2. The molecule has 33 heavy (non-hydrogen) atoms. The number of aryl methyl sites for hydroxylation is 1. The molecule has 1 aromatic carbocycles. The summed E-state index contributed by atoms with van der Waals surface area (Å²) in [6.45, 7) is 4.37. The van der Waals surface area contributed by atoms with Crippen molar-refractivity contribution in [2.75, 3.05) is 13.1 Å². The van der Waals surface area contributed by atoms with Crippen molar-refractivity contribution in [3.8, 4) is 6.07 Å². The van der Waals surface area contributed by atoms with Crippen LogP contribution in [0.2, 0.25) is 0 Å². The van der Waals surface area contributed by atoms with Crippen molar-refractivity contribution < 1.29 is 9.59 Å². The van der Waals surface area contributed by atoms with Crippen molar-refractivity contribution >= 4 is 40.1 Å². The maximum absolute atomic E-state index is 13.0. The van der Waals surface area contributed by atoms with Crippen LogP contribution in [0.25, 0.3) is 17.0 Å². The average Bonchev–Trinajstić information content (AvgIpc) is 3.49. The first-order valence-electron chi connectivity index (χ1n) is 11.4. The molecule has 3 aromatic rings. The van der Waals surface area contributed by atoms with Crippen LogP contribution in [-0.2, 0) is 29.1 Å². The Balaban J connectivity index is 1.64. The van der Waals surface area contributed by atoms with Crippen LogP contribution in [0.5, 0.6) is 0 Å². The van der Waals surface area contributed by atoms with Gasteiger partial charge in [-0.2, -0.15) is 5.26 Å². The summed E-state index contributed by atoms with van der Waals surface area (Å²) in [5, 5.41) is 15.4. The second-order valence-corrected chi connectivity index (χ2v) is 9.28. The number of hydrogen-bond acceptors (Lipinski definition) is 4. The van der Waals surface area contributed by atoms with Gasteiger partial charge in [0.2, 0.25) is 5.91 Å². The minimum Gasteiger partial charge on any atom is -0.347 e. The second kappa shape index (κ2) is 10.5. The summed E-state index contributed by atoms with van der Waals surface area (Å²) in [5.41, 5.74) is 2.96. The lowest BCUT2D eigenvalue weighted by Crippen LogP contribution is -2.37. The number of thiophene rings is 1. The number of nitrogens with zero attached hydrogens (tertiary/aromatic N) is 3. The van der Waals surface area contributed by atoms with Crippen LogP contribution >= 0.6 is 11.3 Å². The van der Waals surface area contributed by atoms with Crippen LogP contribution in [0.15, 0.2) is 47.5 Å². The molecule has 1 saturated heterocycles. The zero-order chi connectivity index (χ0) is 23.2. The zero-order valence-electron chi connectivity index (χ0n) is 18.8. The number of piperidine rings is 1. The van der Waals surface area contributed by atoms with Crippen molar-refractivity contribution in [1.29, 1.82) is 5.26 Å². The Morgan fingerprint density at radius 1 is 1.18 bits per heavy atom. The molecule has 4 rings (SSSR count). The van der Waals surface area contributed by atoms with Crippen LogP contribution in [0, 0.1) is 11.3 Å². The highest BCUT2D eigenvalue weighted by atomic mass is 32.1. The maximum atomic E-state index is 13.0. The molecule has 0 spiro atoms. The summed E-state index contributed by atoms with van der Waals surface area (Å²) in [7, 11) is 0. The molecule has 0 radical (unpaired) electrons. The molecule has 0 unspecified atom stereocenters. The standard InChI is InChI=1S/C26H28N4O2S/c1-2-19-8-6-10-23-21(14-20(15-27)26(32)28-16-22-9-7-13-33-22)17-30(25(19)23)18-24(31)29-11-4-3-5-12-29/h6-10,13-14,17H,2-5,11-12,16,18H2,1H3,(H,28,32)/b20-14+. The highest BCUT2D eigenvalue weighted by Gasteiger charge is 2.20. The Morgan fingerprint density at radius 3 is 2.70 bits per heavy atom. The molecule has 0 atom stereocenters. The summed E-state index contributed by atoms with van der Waals surface area (Å²) in [4.78, 5) is 28.6. The number of benzene rings is 1. The number of fused-ring (bicyclic) bond motifs is 1. The van der Waals surface area contributed by atoms with Crippen molar-refractivity contribution in [2.24, 2.45) is 0 Å². The van der Waals surface area contributed by atoms with Crippen LogP contribution in [0.3, 0.4) is 0 Å².